The predicted octanol–water partition coefficient (Wildman–Crippen LogP) is 2.95. The van der Waals surface area contributed by atoms with E-state index in [1.807, 2.05) is 0 Å². The van der Waals surface area contributed by atoms with E-state index in [2.05, 4.69) is 35.7 Å². The molecular formula is C16H30N4. The Hall–Kier alpha value is -0.870. The first kappa shape index (κ1) is 15.5. The maximum atomic E-state index is 5.77. The molecule has 4 nitrogen and oxygen atoms in total. The van der Waals surface area contributed by atoms with Crippen LogP contribution in [0.4, 0.5) is 0 Å². The van der Waals surface area contributed by atoms with Crippen LogP contribution in [0.25, 0.3) is 0 Å². The molecule has 0 aromatic carbocycles. The zero-order valence-electron chi connectivity index (χ0n) is 13.1. The maximum absolute atomic E-state index is 5.77. The van der Waals surface area contributed by atoms with Gasteiger partial charge < -0.3 is 5.73 Å². The summed E-state index contributed by atoms with van der Waals surface area (Å²) in [5.41, 5.74) is 6.96. The van der Waals surface area contributed by atoms with E-state index >= 15 is 0 Å². The lowest BCUT2D eigenvalue weighted by molar-refractivity contribution is 0.179. The largest absolute Gasteiger partial charge is 0.329 e. The molecule has 1 aromatic heterocycles. The molecule has 4 heteroatoms. The minimum Gasteiger partial charge on any atom is -0.329 e. The topological polar surface area (TPSA) is 47.1 Å². The summed E-state index contributed by atoms with van der Waals surface area (Å²) in [7, 11) is 0. The second-order valence-corrected chi connectivity index (χ2v) is 5.95. The van der Waals surface area contributed by atoms with Crippen molar-refractivity contribution in [3.63, 3.8) is 0 Å². The number of hydrogen-bond donors (Lipinski definition) is 1. The average Bonchev–Trinajstić information content (AvgIpc) is 3.10. The highest BCUT2D eigenvalue weighted by atomic mass is 15.3. The summed E-state index contributed by atoms with van der Waals surface area (Å²) >= 11 is 0. The van der Waals surface area contributed by atoms with E-state index in [9.17, 15) is 0 Å². The fourth-order valence-corrected chi connectivity index (χ4v) is 3.40. The molecule has 1 saturated carbocycles. The van der Waals surface area contributed by atoms with E-state index in [1.54, 1.807) is 0 Å². The van der Waals surface area contributed by atoms with E-state index in [-0.39, 0.29) is 0 Å². The molecule has 0 spiro atoms. The number of hydrogen-bond acceptors (Lipinski definition) is 3. The minimum atomic E-state index is 0.621. The van der Waals surface area contributed by atoms with Gasteiger partial charge in [-0.25, -0.2) is 0 Å². The Kier molecular flexibility index (Phi) is 6.05. The minimum absolute atomic E-state index is 0.621. The molecule has 0 aliphatic heterocycles. The van der Waals surface area contributed by atoms with Crippen LogP contribution in [0.2, 0.25) is 0 Å². The van der Waals surface area contributed by atoms with Crippen molar-refractivity contribution in [1.82, 2.24) is 14.7 Å². The second kappa shape index (κ2) is 7.79. The fourth-order valence-electron chi connectivity index (χ4n) is 3.40. The molecule has 0 bridgehead atoms. The van der Waals surface area contributed by atoms with Gasteiger partial charge in [0.15, 0.2) is 0 Å². The first-order valence-electron chi connectivity index (χ1n) is 8.26. The van der Waals surface area contributed by atoms with E-state index in [0.29, 0.717) is 12.1 Å². The van der Waals surface area contributed by atoms with Crippen molar-refractivity contribution < 1.29 is 0 Å². The van der Waals surface area contributed by atoms with Gasteiger partial charge in [0.1, 0.15) is 0 Å². The van der Waals surface area contributed by atoms with Crippen LogP contribution in [0.5, 0.6) is 0 Å². The summed E-state index contributed by atoms with van der Waals surface area (Å²) in [6.45, 7) is 7.13. The van der Waals surface area contributed by atoms with Gasteiger partial charge in [-0.15, -0.1) is 0 Å². The molecule has 20 heavy (non-hydrogen) atoms. The quantitative estimate of drug-likeness (QED) is 0.795. The van der Waals surface area contributed by atoms with E-state index in [4.69, 9.17) is 10.8 Å². The van der Waals surface area contributed by atoms with Gasteiger partial charge in [0.05, 0.1) is 11.7 Å². The van der Waals surface area contributed by atoms with Crippen molar-refractivity contribution >= 4 is 0 Å². The first-order chi connectivity index (χ1) is 9.78. The average molecular weight is 278 g/mol. The van der Waals surface area contributed by atoms with Crippen molar-refractivity contribution in [2.75, 3.05) is 13.1 Å². The lowest BCUT2D eigenvalue weighted by Crippen LogP contribution is -2.37. The molecule has 1 aliphatic rings. The van der Waals surface area contributed by atoms with Crippen LogP contribution < -0.4 is 5.73 Å². The van der Waals surface area contributed by atoms with Crippen molar-refractivity contribution in [3.8, 4) is 0 Å². The van der Waals surface area contributed by atoms with Gasteiger partial charge >= 0.3 is 0 Å². The fraction of sp³-hybridized carbons (Fsp3) is 0.812. The van der Waals surface area contributed by atoms with Crippen molar-refractivity contribution in [2.45, 2.75) is 71.0 Å². The normalized spacial score (nSPS) is 16.6. The van der Waals surface area contributed by atoms with Crippen LogP contribution in [-0.4, -0.2) is 33.8 Å². The van der Waals surface area contributed by atoms with Crippen molar-refractivity contribution in [1.29, 1.82) is 0 Å². The number of rotatable bonds is 8. The molecule has 1 aromatic rings. The van der Waals surface area contributed by atoms with Crippen LogP contribution in [0, 0.1) is 0 Å². The number of nitrogens with zero attached hydrogens (tertiary/aromatic N) is 3. The Balaban J connectivity index is 1.98. The summed E-state index contributed by atoms with van der Waals surface area (Å²) < 4.78 is 2.19. The number of aromatic nitrogens is 2. The molecule has 0 atom stereocenters. The van der Waals surface area contributed by atoms with E-state index < -0.39 is 0 Å². The Morgan fingerprint density at radius 1 is 1.35 bits per heavy atom. The summed E-state index contributed by atoms with van der Waals surface area (Å²) in [6, 6.07) is 3.44. The van der Waals surface area contributed by atoms with Crippen LogP contribution in [0.1, 0.15) is 64.1 Å². The molecule has 0 saturated heterocycles. The molecule has 1 heterocycles. The summed E-state index contributed by atoms with van der Waals surface area (Å²) in [4.78, 5) is 2.49. The van der Waals surface area contributed by atoms with Crippen molar-refractivity contribution in [3.05, 3.63) is 18.0 Å². The van der Waals surface area contributed by atoms with Crippen LogP contribution in [0.15, 0.2) is 12.3 Å². The molecule has 0 amide bonds. The van der Waals surface area contributed by atoms with Gasteiger partial charge in [-0.05, 0) is 31.7 Å². The Bertz CT molecular complexity index is 378. The van der Waals surface area contributed by atoms with Gasteiger partial charge in [0, 0.05) is 31.9 Å². The molecule has 1 fully saturated rings. The third kappa shape index (κ3) is 3.83. The first-order valence-corrected chi connectivity index (χ1v) is 8.26. The van der Waals surface area contributed by atoms with Gasteiger partial charge in [-0.2, -0.15) is 5.10 Å². The molecule has 2 N–H and O–H groups in total. The molecule has 1 aliphatic carbocycles. The SMILES string of the molecule is CCC(CC)N(CCN)Cc1ccn(C2CCCC2)n1. The molecular weight excluding hydrogens is 248 g/mol. The third-order valence-corrected chi connectivity index (χ3v) is 4.60. The van der Waals surface area contributed by atoms with Gasteiger partial charge in [-0.1, -0.05) is 26.7 Å². The molecule has 114 valence electrons. The Morgan fingerprint density at radius 3 is 2.65 bits per heavy atom. The third-order valence-electron chi connectivity index (χ3n) is 4.60. The lowest BCUT2D eigenvalue weighted by Gasteiger charge is -2.29. The highest BCUT2D eigenvalue weighted by Crippen LogP contribution is 2.28. The standard InChI is InChI=1S/C16H30N4/c1-3-15(4-2)19(12-10-17)13-14-9-11-20(18-14)16-7-5-6-8-16/h9,11,15-16H,3-8,10,12-13,17H2,1-2H3. The molecule has 0 unspecified atom stereocenters. The lowest BCUT2D eigenvalue weighted by atomic mass is 10.1. The van der Waals surface area contributed by atoms with Crippen LogP contribution >= 0.6 is 0 Å². The summed E-state index contributed by atoms with van der Waals surface area (Å²) in [5.74, 6) is 0. The van der Waals surface area contributed by atoms with Gasteiger partial charge in [-0.3, -0.25) is 9.58 Å². The number of nitrogens with two attached hydrogens (primary N) is 1. The van der Waals surface area contributed by atoms with Crippen molar-refractivity contribution in [2.24, 2.45) is 5.73 Å². The highest BCUT2D eigenvalue weighted by molar-refractivity contribution is 5.00. The molecule has 0 radical (unpaired) electrons. The highest BCUT2D eigenvalue weighted by Gasteiger charge is 2.19. The predicted molar refractivity (Wildman–Crippen MR) is 83.6 cm³/mol. The zero-order chi connectivity index (χ0) is 14.4. The monoisotopic (exact) mass is 278 g/mol. The Morgan fingerprint density at radius 2 is 2.05 bits per heavy atom. The maximum Gasteiger partial charge on any atom is 0.0765 e. The van der Waals surface area contributed by atoms with E-state index in [1.165, 1.54) is 44.2 Å². The summed E-state index contributed by atoms with van der Waals surface area (Å²) in [5, 5.41) is 4.80. The van der Waals surface area contributed by atoms with Gasteiger partial charge in [0.25, 0.3) is 0 Å². The van der Waals surface area contributed by atoms with Crippen LogP contribution in [0.3, 0.4) is 0 Å². The second-order valence-electron chi connectivity index (χ2n) is 5.95. The van der Waals surface area contributed by atoms with Crippen LogP contribution in [-0.2, 0) is 6.54 Å². The van der Waals surface area contributed by atoms with E-state index in [0.717, 1.165) is 19.6 Å². The molecule has 2 rings (SSSR count). The zero-order valence-corrected chi connectivity index (χ0v) is 13.1. The summed E-state index contributed by atoms with van der Waals surface area (Å²) in [6.07, 6.45) is 9.82. The van der Waals surface area contributed by atoms with Gasteiger partial charge in [0.2, 0.25) is 0 Å². The Labute approximate surface area is 123 Å². The smallest absolute Gasteiger partial charge is 0.0765 e.